The minimum absolute atomic E-state index is 0.0186. The third-order valence-electron chi connectivity index (χ3n) is 5.65. The van der Waals surface area contributed by atoms with Gasteiger partial charge >= 0.3 is 0 Å². The van der Waals surface area contributed by atoms with E-state index in [4.69, 9.17) is 0 Å². The second-order valence-corrected chi connectivity index (χ2v) is 9.71. The third kappa shape index (κ3) is 4.07. The zero-order valence-corrected chi connectivity index (χ0v) is 17.6. The van der Waals surface area contributed by atoms with Crippen LogP contribution in [0.4, 0.5) is 0 Å². The maximum atomic E-state index is 12.9. The van der Waals surface area contributed by atoms with Crippen LogP contribution in [0.15, 0.2) is 29.2 Å². The fourth-order valence-corrected chi connectivity index (χ4v) is 5.27. The highest BCUT2D eigenvalue weighted by atomic mass is 32.2. The maximum absolute atomic E-state index is 12.9. The molecule has 1 unspecified atom stereocenters. The minimum Gasteiger partial charge on any atom is -0.340 e. The van der Waals surface area contributed by atoms with E-state index in [9.17, 15) is 18.0 Å². The largest absolute Gasteiger partial charge is 0.340 e. The van der Waals surface area contributed by atoms with Crippen LogP contribution >= 0.6 is 0 Å². The Labute approximate surface area is 167 Å². The number of amides is 2. The summed E-state index contributed by atoms with van der Waals surface area (Å²) in [5, 5.41) is 0. The molecule has 0 radical (unpaired) electrons. The van der Waals surface area contributed by atoms with E-state index >= 15 is 0 Å². The SMILES string of the molecule is CCc1ccc(S(=O)(=O)N2CCN(C(=O)C3CC(=O)N(C(C)C)C3)CC2)cc1. The second kappa shape index (κ2) is 8.21. The highest BCUT2D eigenvalue weighted by Gasteiger charge is 2.39. The lowest BCUT2D eigenvalue weighted by Gasteiger charge is -2.35. The topological polar surface area (TPSA) is 78.0 Å². The summed E-state index contributed by atoms with van der Waals surface area (Å²) in [6, 6.07) is 7.06. The smallest absolute Gasteiger partial charge is 0.243 e. The molecule has 154 valence electrons. The number of aryl methyl sites for hydroxylation is 1. The van der Waals surface area contributed by atoms with Crippen molar-refractivity contribution in [3.63, 3.8) is 0 Å². The van der Waals surface area contributed by atoms with E-state index in [1.54, 1.807) is 21.9 Å². The number of nitrogens with zero attached hydrogens (tertiary/aromatic N) is 3. The molecule has 3 rings (SSSR count). The Bertz CT molecular complexity index is 828. The molecule has 2 amide bonds. The van der Waals surface area contributed by atoms with Crippen LogP contribution in [0.5, 0.6) is 0 Å². The Morgan fingerprint density at radius 3 is 2.21 bits per heavy atom. The van der Waals surface area contributed by atoms with Crippen LogP contribution in [-0.2, 0) is 26.0 Å². The fraction of sp³-hybridized carbons (Fsp3) is 0.600. The Morgan fingerprint density at radius 2 is 1.71 bits per heavy atom. The molecule has 2 heterocycles. The molecule has 2 aliphatic heterocycles. The predicted molar refractivity (Wildman–Crippen MR) is 106 cm³/mol. The number of carbonyl (C=O) groups excluding carboxylic acids is 2. The lowest BCUT2D eigenvalue weighted by atomic mass is 10.1. The van der Waals surface area contributed by atoms with Crippen LogP contribution in [0, 0.1) is 5.92 Å². The van der Waals surface area contributed by atoms with Gasteiger partial charge in [0, 0.05) is 45.2 Å². The van der Waals surface area contributed by atoms with E-state index in [0.29, 0.717) is 24.5 Å². The molecule has 0 N–H and O–H groups in total. The zero-order valence-electron chi connectivity index (χ0n) is 16.8. The summed E-state index contributed by atoms with van der Waals surface area (Å²) in [5.41, 5.74) is 1.09. The molecule has 7 nitrogen and oxygen atoms in total. The number of rotatable bonds is 5. The van der Waals surface area contributed by atoms with Gasteiger partial charge in [0.05, 0.1) is 10.8 Å². The van der Waals surface area contributed by atoms with Gasteiger partial charge in [-0.15, -0.1) is 0 Å². The first-order valence-corrected chi connectivity index (χ1v) is 11.4. The van der Waals surface area contributed by atoms with Crippen molar-refractivity contribution < 1.29 is 18.0 Å². The quantitative estimate of drug-likeness (QED) is 0.738. The molecule has 2 saturated heterocycles. The van der Waals surface area contributed by atoms with Gasteiger partial charge in [-0.3, -0.25) is 9.59 Å². The molecule has 1 aromatic carbocycles. The number of likely N-dealkylation sites (tertiary alicyclic amines) is 1. The molecule has 0 saturated carbocycles. The van der Waals surface area contributed by atoms with Crippen molar-refractivity contribution in [1.82, 2.24) is 14.1 Å². The van der Waals surface area contributed by atoms with Gasteiger partial charge < -0.3 is 9.80 Å². The van der Waals surface area contributed by atoms with Crippen LogP contribution in [0.1, 0.15) is 32.8 Å². The average molecular weight is 408 g/mol. The van der Waals surface area contributed by atoms with Crippen LogP contribution < -0.4 is 0 Å². The molecule has 0 spiro atoms. The molecule has 28 heavy (non-hydrogen) atoms. The van der Waals surface area contributed by atoms with Gasteiger partial charge in [-0.2, -0.15) is 4.31 Å². The van der Waals surface area contributed by atoms with Crippen molar-refractivity contribution >= 4 is 21.8 Å². The summed E-state index contributed by atoms with van der Waals surface area (Å²) in [6.45, 7) is 7.64. The fourth-order valence-electron chi connectivity index (χ4n) is 3.85. The third-order valence-corrected chi connectivity index (χ3v) is 7.56. The van der Waals surface area contributed by atoms with Crippen molar-refractivity contribution in [2.75, 3.05) is 32.7 Å². The Balaban J connectivity index is 1.61. The zero-order chi connectivity index (χ0) is 20.5. The number of piperazine rings is 1. The van der Waals surface area contributed by atoms with Gasteiger partial charge in [0.1, 0.15) is 0 Å². The van der Waals surface area contributed by atoms with Crippen molar-refractivity contribution in [3.05, 3.63) is 29.8 Å². The second-order valence-electron chi connectivity index (χ2n) is 7.77. The summed E-state index contributed by atoms with van der Waals surface area (Å²) < 4.78 is 27.1. The number of hydrogen-bond donors (Lipinski definition) is 0. The van der Waals surface area contributed by atoms with Crippen LogP contribution in [0.3, 0.4) is 0 Å². The van der Waals surface area contributed by atoms with Gasteiger partial charge in [0.15, 0.2) is 0 Å². The molecule has 2 fully saturated rings. The van der Waals surface area contributed by atoms with E-state index in [0.717, 1.165) is 12.0 Å². The van der Waals surface area contributed by atoms with Crippen LogP contribution in [0.25, 0.3) is 0 Å². The van der Waals surface area contributed by atoms with Crippen molar-refractivity contribution in [2.45, 2.75) is 44.6 Å². The predicted octanol–water partition coefficient (Wildman–Crippen LogP) is 1.34. The molecule has 0 aliphatic carbocycles. The van der Waals surface area contributed by atoms with E-state index in [1.807, 2.05) is 32.9 Å². The number of carbonyl (C=O) groups is 2. The summed E-state index contributed by atoms with van der Waals surface area (Å²) in [6.07, 6.45) is 1.11. The van der Waals surface area contributed by atoms with Gasteiger partial charge in [-0.05, 0) is 38.0 Å². The summed E-state index contributed by atoms with van der Waals surface area (Å²) >= 11 is 0. The molecule has 1 aromatic rings. The van der Waals surface area contributed by atoms with Crippen molar-refractivity contribution in [3.8, 4) is 0 Å². The normalized spacial score (nSPS) is 21.6. The molecule has 2 aliphatic rings. The Morgan fingerprint density at radius 1 is 1.11 bits per heavy atom. The number of benzene rings is 1. The lowest BCUT2D eigenvalue weighted by Crippen LogP contribution is -2.52. The Hall–Kier alpha value is -1.93. The minimum atomic E-state index is -3.55. The van der Waals surface area contributed by atoms with Crippen molar-refractivity contribution in [2.24, 2.45) is 5.92 Å². The van der Waals surface area contributed by atoms with E-state index < -0.39 is 10.0 Å². The first kappa shape index (κ1) is 20.8. The maximum Gasteiger partial charge on any atom is 0.243 e. The summed E-state index contributed by atoms with van der Waals surface area (Å²) in [5.74, 6) is -0.342. The van der Waals surface area contributed by atoms with Gasteiger partial charge in [-0.25, -0.2) is 8.42 Å². The van der Waals surface area contributed by atoms with E-state index in [2.05, 4.69) is 0 Å². The Kier molecular flexibility index (Phi) is 6.09. The molecule has 8 heteroatoms. The van der Waals surface area contributed by atoms with Gasteiger partial charge in [0.2, 0.25) is 21.8 Å². The van der Waals surface area contributed by atoms with Gasteiger partial charge in [0.25, 0.3) is 0 Å². The first-order chi connectivity index (χ1) is 13.2. The van der Waals surface area contributed by atoms with E-state index in [-0.39, 0.29) is 43.3 Å². The van der Waals surface area contributed by atoms with Crippen molar-refractivity contribution in [1.29, 1.82) is 0 Å². The van der Waals surface area contributed by atoms with Gasteiger partial charge in [-0.1, -0.05) is 19.1 Å². The highest BCUT2D eigenvalue weighted by molar-refractivity contribution is 7.89. The molecule has 0 bridgehead atoms. The van der Waals surface area contributed by atoms with Crippen LogP contribution in [0.2, 0.25) is 0 Å². The average Bonchev–Trinajstić information content (AvgIpc) is 3.09. The molecule has 1 atom stereocenters. The van der Waals surface area contributed by atoms with E-state index in [1.165, 1.54) is 4.31 Å². The number of hydrogen-bond acceptors (Lipinski definition) is 4. The summed E-state index contributed by atoms with van der Waals surface area (Å²) in [7, 11) is -3.55. The summed E-state index contributed by atoms with van der Waals surface area (Å²) in [4.78, 5) is 28.6. The van der Waals surface area contributed by atoms with Crippen LogP contribution in [-0.4, -0.2) is 73.1 Å². The molecule has 0 aromatic heterocycles. The monoisotopic (exact) mass is 407 g/mol. The molecular weight excluding hydrogens is 378 g/mol. The number of sulfonamides is 1. The lowest BCUT2D eigenvalue weighted by molar-refractivity contribution is -0.137. The highest BCUT2D eigenvalue weighted by Crippen LogP contribution is 2.24. The molecular formula is C20H29N3O4S. The first-order valence-electron chi connectivity index (χ1n) is 9.91. The standard InChI is InChI=1S/C20H29N3O4S/c1-4-16-5-7-18(8-6-16)28(26,27)22-11-9-21(10-12-22)20(25)17-13-19(24)23(14-17)15(2)3/h5-8,15,17H,4,9-14H2,1-3H3.